The molecule has 0 aliphatic rings. The highest BCUT2D eigenvalue weighted by atomic mass is 19.4. The molecular formula is C11H14F3N3O. The minimum Gasteiger partial charge on any atom is -0.346 e. The lowest BCUT2D eigenvalue weighted by Crippen LogP contribution is -2.39. The first kappa shape index (κ1) is 14.4. The minimum absolute atomic E-state index is 0.187. The molecule has 1 rings (SSSR count). The topological polar surface area (TPSA) is 54.0 Å². The summed E-state index contributed by atoms with van der Waals surface area (Å²) < 4.78 is 35.5. The number of pyridine rings is 1. The summed E-state index contributed by atoms with van der Waals surface area (Å²) in [4.78, 5) is 15.2. The molecule has 0 spiro atoms. The zero-order valence-electron chi connectivity index (χ0n) is 9.79. The Kier molecular flexibility index (Phi) is 5.08. The molecule has 0 aliphatic heterocycles. The highest BCUT2D eigenvalue weighted by Crippen LogP contribution is 2.12. The number of amides is 1. The molecule has 0 aliphatic carbocycles. The van der Waals surface area contributed by atoms with Crippen LogP contribution in [0.15, 0.2) is 24.4 Å². The summed E-state index contributed by atoms with van der Waals surface area (Å²) in [5.74, 6) is -0.699. The van der Waals surface area contributed by atoms with Crippen LogP contribution in [-0.2, 0) is 4.79 Å². The Morgan fingerprint density at radius 1 is 1.44 bits per heavy atom. The zero-order valence-corrected chi connectivity index (χ0v) is 9.79. The molecule has 0 radical (unpaired) electrons. The van der Waals surface area contributed by atoms with E-state index < -0.39 is 18.6 Å². The zero-order chi connectivity index (χ0) is 13.6. The van der Waals surface area contributed by atoms with Gasteiger partial charge in [0, 0.05) is 12.2 Å². The number of alkyl halides is 3. The average molecular weight is 261 g/mol. The largest absolute Gasteiger partial charge is 0.405 e. The van der Waals surface area contributed by atoms with E-state index in [4.69, 9.17) is 0 Å². The predicted molar refractivity (Wildman–Crippen MR) is 59.7 cm³/mol. The van der Waals surface area contributed by atoms with E-state index in [1.165, 1.54) is 0 Å². The highest BCUT2D eigenvalue weighted by Gasteiger charge is 2.27. The number of nitrogens with zero attached hydrogens (tertiary/aromatic N) is 1. The van der Waals surface area contributed by atoms with Crippen molar-refractivity contribution < 1.29 is 18.0 Å². The molecule has 100 valence electrons. The lowest BCUT2D eigenvalue weighted by Gasteiger charge is -2.13. The lowest BCUT2D eigenvalue weighted by molar-refractivity contribution is -0.137. The molecule has 1 aromatic heterocycles. The van der Waals surface area contributed by atoms with Gasteiger partial charge in [0.15, 0.2) is 0 Å². The Morgan fingerprint density at radius 3 is 2.72 bits per heavy atom. The summed E-state index contributed by atoms with van der Waals surface area (Å²) >= 11 is 0. The third-order valence-corrected chi connectivity index (χ3v) is 2.19. The maximum absolute atomic E-state index is 11.8. The number of rotatable bonds is 5. The molecular weight excluding hydrogens is 247 g/mol. The van der Waals surface area contributed by atoms with Crippen LogP contribution in [0.4, 0.5) is 13.2 Å². The van der Waals surface area contributed by atoms with Gasteiger partial charge >= 0.3 is 6.18 Å². The van der Waals surface area contributed by atoms with Crippen LogP contribution in [0.25, 0.3) is 0 Å². The maximum Gasteiger partial charge on any atom is 0.405 e. The van der Waals surface area contributed by atoms with Gasteiger partial charge in [0.05, 0.1) is 12.2 Å². The fourth-order valence-electron chi connectivity index (χ4n) is 1.24. The Bertz CT molecular complexity index is 381. The van der Waals surface area contributed by atoms with Gasteiger partial charge in [-0.3, -0.25) is 9.78 Å². The molecule has 4 nitrogen and oxygen atoms in total. The standard InChI is InChI=1S/C11H14F3N3O/c1-8(9-4-2-3-5-15-9)16-6-10(18)17-7-11(12,13)14/h2-5,8,16H,6-7H2,1H3,(H,17,18)/t8-/m0/s1. The van der Waals surface area contributed by atoms with Crippen LogP contribution >= 0.6 is 0 Å². The molecule has 2 N–H and O–H groups in total. The SMILES string of the molecule is C[C@H](NCC(=O)NCC(F)(F)F)c1ccccn1. The molecule has 0 unspecified atom stereocenters. The molecule has 7 heteroatoms. The van der Waals surface area contributed by atoms with Crippen molar-refractivity contribution in [2.75, 3.05) is 13.1 Å². The second-order valence-corrected chi connectivity index (χ2v) is 3.75. The Hall–Kier alpha value is -1.63. The van der Waals surface area contributed by atoms with E-state index in [0.29, 0.717) is 0 Å². The molecule has 18 heavy (non-hydrogen) atoms. The number of aromatic nitrogens is 1. The van der Waals surface area contributed by atoms with Crippen LogP contribution in [0, 0.1) is 0 Å². The Labute approximate surface area is 103 Å². The van der Waals surface area contributed by atoms with Gasteiger partial charge < -0.3 is 10.6 Å². The van der Waals surface area contributed by atoms with E-state index in [1.54, 1.807) is 36.6 Å². The van der Waals surface area contributed by atoms with Gasteiger partial charge in [-0.25, -0.2) is 0 Å². The first-order valence-corrected chi connectivity index (χ1v) is 5.36. The first-order chi connectivity index (χ1) is 8.38. The Morgan fingerprint density at radius 2 is 2.17 bits per heavy atom. The van der Waals surface area contributed by atoms with Crippen molar-refractivity contribution in [2.45, 2.75) is 19.1 Å². The van der Waals surface area contributed by atoms with E-state index in [0.717, 1.165) is 5.69 Å². The van der Waals surface area contributed by atoms with Crippen LogP contribution < -0.4 is 10.6 Å². The third kappa shape index (κ3) is 5.62. The number of hydrogen-bond donors (Lipinski definition) is 2. The van der Waals surface area contributed by atoms with E-state index in [-0.39, 0.29) is 12.6 Å². The van der Waals surface area contributed by atoms with Crippen LogP contribution in [0.1, 0.15) is 18.7 Å². The number of hydrogen-bond acceptors (Lipinski definition) is 3. The molecule has 0 bridgehead atoms. The van der Waals surface area contributed by atoms with E-state index in [9.17, 15) is 18.0 Å². The number of halogens is 3. The molecule has 1 aromatic rings. The van der Waals surface area contributed by atoms with Crippen molar-refractivity contribution >= 4 is 5.91 Å². The first-order valence-electron chi connectivity index (χ1n) is 5.36. The highest BCUT2D eigenvalue weighted by molar-refractivity contribution is 5.78. The van der Waals surface area contributed by atoms with Gasteiger partial charge in [-0.15, -0.1) is 0 Å². The summed E-state index contributed by atoms with van der Waals surface area (Å²) in [5.41, 5.74) is 0.723. The number of carbonyl (C=O) groups excluding carboxylic acids is 1. The van der Waals surface area contributed by atoms with E-state index in [1.807, 2.05) is 0 Å². The van der Waals surface area contributed by atoms with Crippen molar-refractivity contribution in [3.05, 3.63) is 30.1 Å². The fraction of sp³-hybridized carbons (Fsp3) is 0.455. The van der Waals surface area contributed by atoms with Gasteiger partial charge in [0.2, 0.25) is 5.91 Å². The van der Waals surface area contributed by atoms with Crippen molar-refractivity contribution in [3.63, 3.8) is 0 Å². The van der Waals surface area contributed by atoms with Gasteiger partial charge in [0.1, 0.15) is 6.54 Å². The van der Waals surface area contributed by atoms with Gasteiger partial charge in [-0.2, -0.15) is 13.2 Å². The van der Waals surface area contributed by atoms with Crippen molar-refractivity contribution in [1.29, 1.82) is 0 Å². The smallest absolute Gasteiger partial charge is 0.346 e. The van der Waals surface area contributed by atoms with Crippen LogP contribution in [0.5, 0.6) is 0 Å². The molecule has 0 fully saturated rings. The number of nitrogens with one attached hydrogen (secondary N) is 2. The van der Waals surface area contributed by atoms with Crippen molar-refractivity contribution in [2.24, 2.45) is 0 Å². The molecule has 0 aromatic carbocycles. The minimum atomic E-state index is -4.39. The summed E-state index contributed by atoms with van der Waals surface area (Å²) in [6.07, 6.45) is -2.78. The second kappa shape index (κ2) is 6.34. The van der Waals surface area contributed by atoms with Crippen molar-refractivity contribution in [3.8, 4) is 0 Å². The summed E-state index contributed by atoms with van der Waals surface area (Å²) in [6.45, 7) is 0.276. The van der Waals surface area contributed by atoms with Gasteiger partial charge in [-0.1, -0.05) is 6.07 Å². The third-order valence-electron chi connectivity index (χ3n) is 2.19. The normalized spacial score (nSPS) is 13.1. The summed E-state index contributed by atoms with van der Waals surface area (Å²) in [7, 11) is 0. The maximum atomic E-state index is 11.8. The van der Waals surface area contributed by atoms with E-state index in [2.05, 4.69) is 10.3 Å². The Balaban J connectivity index is 2.31. The molecule has 0 saturated carbocycles. The molecule has 1 amide bonds. The second-order valence-electron chi connectivity index (χ2n) is 3.75. The fourth-order valence-corrected chi connectivity index (χ4v) is 1.24. The average Bonchev–Trinajstić information content (AvgIpc) is 2.33. The lowest BCUT2D eigenvalue weighted by atomic mass is 10.2. The van der Waals surface area contributed by atoms with E-state index >= 15 is 0 Å². The summed E-state index contributed by atoms with van der Waals surface area (Å²) in [6, 6.07) is 5.12. The molecule has 1 heterocycles. The van der Waals surface area contributed by atoms with Gasteiger partial charge in [-0.05, 0) is 19.1 Å². The summed E-state index contributed by atoms with van der Waals surface area (Å²) in [5, 5.41) is 4.58. The molecule has 0 saturated heterocycles. The monoisotopic (exact) mass is 261 g/mol. The van der Waals surface area contributed by atoms with Crippen LogP contribution in [0.3, 0.4) is 0 Å². The van der Waals surface area contributed by atoms with Crippen molar-refractivity contribution in [1.82, 2.24) is 15.6 Å². The predicted octanol–water partition coefficient (Wildman–Crippen LogP) is 1.41. The van der Waals surface area contributed by atoms with Crippen LogP contribution in [0.2, 0.25) is 0 Å². The van der Waals surface area contributed by atoms with Crippen LogP contribution in [-0.4, -0.2) is 30.2 Å². The molecule has 1 atom stereocenters. The number of carbonyl (C=O) groups is 1. The quantitative estimate of drug-likeness (QED) is 0.842. The van der Waals surface area contributed by atoms with Gasteiger partial charge in [0.25, 0.3) is 0 Å².